The van der Waals surface area contributed by atoms with Crippen molar-refractivity contribution in [1.82, 2.24) is 14.7 Å². The van der Waals surface area contributed by atoms with Crippen molar-refractivity contribution in [2.24, 2.45) is 0 Å². The van der Waals surface area contributed by atoms with E-state index in [-0.39, 0.29) is 6.04 Å². The molecule has 0 saturated carbocycles. The number of imide groups is 1. The Balaban J connectivity index is 2.08. The Kier molecular flexibility index (Phi) is 2.80. The highest BCUT2D eigenvalue weighted by Crippen LogP contribution is 2.28. The first-order chi connectivity index (χ1) is 9.09. The summed E-state index contributed by atoms with van der Waals surface area (Å²) >= 11 is 0. The molecule has 1 unspecified atom stereocenters. The van der Waals surface area contributed by atoms with Crippen LogP contribution in [0.1, 0.15) is 47.9 Å². The summed E-state index contributed by atoms with van der Waals surface area (Å²) in [6.45, 7) is 2.58. The number of aryl methyl sites for hydroxylation is 1. The van der Waals surface area contributed by atoms with Gasteiger partial charge in [-0.05, 0) is 26.2 Å². The number of nitrogens with zero attached hydrogens (tertiary/aromatic N) is 3. The highest BCUT2D eigenvalue weighted by atomic mass is 16.4. The molecule has 1 N–H and O–H groups in total. The lowest BCUT2D eigenvalue weighted by Crippen LogP contribution is -2.47. The third-order valence-corrected chi connectivity index (χ3v) is 3.98. The SMILES string of the molecule is CC1Cc2nn3c(c2C(=O)N1C(=O)O)CCCCC3. The molecule has 0 aromatic carbocycles. The molecule has 0 bridgehead atoms. The second-order valence-corrected chi connectivity index (χ2v) is 5.31. The number of fused-ring (bicyclic) bond motifs is 3. The van der Waals surface area contributed by atoms with Gasteiger partial charge in [0, 0.05) is 19.0 Å². The molecule has 0 radical (unpaired) electrons. The molecule has 2 amide bonds. The van der Waals surface area contributed by atoms with E-state index in [4.69, 9.17) is 0 Å². The summed E-state index contributed by atoms with van der Waals surface area (Å²) < 4.78 is 1.91. The Hall–Kier alpha value is -1.85. The smallest absolute Gasteiger partial charge is 0.414 e. The zero-order valence-electron chi connectivity index (χ0n) is 10.9. The number of amides is 2. The lowest BCUT2D eigenvalue weighted by atomic mass is 9.97. The topological polar surface area (TPSA) is 75.4 Å². The first kappa shape index (κ1) is 12.2. The normalized spacial score (nSPS) is 22.7. The van der Waals surface area contributed by atoms with Crippen molar-refractivity contribution in [1.29, 1.82) is 0 Å². The average Bonchev–Trinajstić information content (AvgIpc) is 2.52. The second-order valence-electron chi connectivity index (χ2n) is 5.31. The van der Waals surface area contributed by atoms with Gasteiger partial charge in [-0.15, -0.1) is 0 Å². The van der Waals surface area contributed by atoms with Gasteiger partial charge < -0.3 is 5.11 Å². The minimum Gasteiger partial charge on any atom is -0.465 e. The average molecular weight is 263 g/mol. The predicted molar refractivity (Wildman–Crippen MR) is 67.1 cm³/mol. The molecule has 6 heteroatoms. The second kappa shape index (κ2) is 4.36. The van der Waals surface area contributed by atoms with Gasteiger partial charge in [0.2, 0.25) is 0 Å². The van der Waals surface area contributed by atoms with Crippen LogP contribution in [0.3, 0.4) is 0 Å². The molecule has 0 saturated heterocycles. The van der Waals surface area contributed by atoms with E-state index in [9.17, 15) is 14.7 Å². The van der Waals surface area contributed by atoms with Gasteiger partial charge in [-0.1, -0.05) is 6.42 Å². The summed E-state index contributed by atoms with van der Waals surface area (Å²) in [6, 6.07) is -0.336. The highest BCUT2D eigenvalue weighted by Gasteiger charge is 2.38. The van der Waals surface area contributed by atoms with E-state index in [1.54, 1.807) is 6.92 Å². The molecule has 102 valence electrons. The third kappa shape index (κ3) is 1.82. The summed E-state index contributed by atoms with van der Waals surface area (Å²) in [5.74, 6) is -0.399. The summed E-state index contributed by atoms with van der Waals surface area (Å²) in [7, 11) is 0. The zero-order chi connectivity index (χ0) is 13.6. The standard InChI is InChI=1S/C13H17N3O3/c1-8-7-9-11(12(17)16(8)13(18)19)10-5-3-2-4-6-15(10)14-9/h8H,2-7H2,1H3,(H,18,19). The van der Waals surface area contributed by atoms with Crippen LogP contribution in [-0.2, 0) is 19.4 Å². The van der Waals surface area contributed by atoms with Crippen molar-refractivity contribution in [2.75, 3.05) is 0 Å². The fourth-order valence-electron chi connectivity index (χ4n) is 3.08. The maximum Gasteiger partial charge on any atom is 0.414 e. The van der Waals surface area contributed by atoms with Crippen LogP contribution in [0.2, 0.25) is 0 Å². The third-order valence-electron chi connectivity index (χ3n) is 3.98. The van der Waals surface area contributed by atoms with E-state index < -0.39 is 12.0 Å². The van der Waals surface area contributed by atoms with Crippen LogP contribution < -0.4 is 0 Å². The number of carbonyl (C=O) groups excluding carboxylic acids is 1. The summed E-state index contributed by atoms with van der Waals surface area (Å²) in [5, 5.41) is 13.7. The van der Waals surface area contributed by atoms with Gasteiger partial charge in [-0.3, -0.25) is 9.48 Å². The Morgan fingerprint density at radius 2 is 2.16 bits per heavy atom. The van der Waals surface area contributed by atoms with E-state index >= 15 is 0 Å². The molecule has 1 aromatic rings. The quantitative estimate of drug-likeness (QED) is 0.772. The van der Waals surface area contributed by atoms with Crippen LogP contribution in [0, 0.1) is 0 Å². The van der Waals surface area contributed by atoms with E-state index in [1.807, 2.05) is 4.68 Å². The first-order valence-corrected chi connectivity index (χ1v) is 6.74. The predicted octanol–water partition coefficient (Wildman–Crippen LogP) is 1.67. The molecule has 19 heavy (non-hydrogen) atoms. The fraction of sp³-hybridized carbons (Fsp3) is 0.615. The molecule has 1 atom stereocenters. The van der Waals surface area contributed by atoms with Crippen LogP contribution in [-0.4, -0.2) is 37.8 Å². The number of carbonyl (C=O) groups is 2. The van der Waals surface area contributed by atoms with Gasteiger partial charge in [-0.2, -0.15) is 5.10 Å². The molecular formula is C13H17N3O3. The lowest BCUT2D eigenvalue weighted by molar-refractivity contribution is 0.0655. The van der Waals surface area contributed by atoms with Crippen molar-refractivity contribution < 1.29 is 14.7 Å². The maximum atomic E-state index is 12.4. The van der Waals surface area contributed by atoms with Gasteiger partial charge in [0.25, 0.3) is 5.91 Å². The van der Waals surface area contributed by atoms with Crippen LogP contribution in [0.25, 0.3) is 0 Å². The molecule has 0 fully saturated rings. The van der Waals surface area contributed by atoms with Crippen molar-refractivity contribution in [2.45, 2.75) is 51.6 Å². The molecule has 2 aliphatic rings. The van der Waals surface area contributed by atoms with Crippen molar-refractivity contribution in [3.05, 3.63) is 17.0 Å². The molecule has 3 heterocycles. The summed E-state index contributed by atoms with van der Waals surface area (Å²) in [5.41, 5.74) is 2.24. The van der Waals surface area contributed by atoms with Gasteiger partial charge in [-0.25, -0.2) is 9.69 Å². The molecular weight excluding hydrogens is 246 g/mol. The van der Waals surface area contributed by atoms with E-state index in [1.165, 1.54) is 0 Å². The largest absolute Gasteiger partial charge is 0.465 e. The van der Waals surface area contributed by atoms with Crippen molar-refractivity contribution in [3.8, 4) is 0 Å². The Bertz CT molecular complexity index is 550. The van der Waals surface area contributed by atoms with Gasteiger partial charge in [0.1, 0.15) is 0 Å². The highest BCUT2D eigenvalue weighted by molar-refractivity contribution is 6.05. The zero-order valence-corrected chi connectivity index (χ0v) is 10.9. The summed E-state index contributed by atoms with van der Waals surface area (Å²) in [4.78, 5) is 24.6. The maximum absolute atomic E-state index is 12.4. The van der Waals surface area contributed by atoms with E-state index in [0.717, 1.165) is 48.5 Å². The first-order valence-electron chi connectivity index (χ1n) is 6.74. The molecule has 0 spiro atoms. The van der Waals surface area contributed by atoms with Gasteiger partial charge in [0.15, 0.2) is 0 Å². The van der Waals surface area contributed by atoms with E-state index in [2.05, 4.69) is 5.10 Å². The number of rotatable bonds is 0. The fourth-order valence-corrected chi connectivity index (χ4v) is 3.08. The molecule has 3 rings (SSSR count). The molecule has 6 nitrogen and oxygen atoms in total. The van der Waals surface area contributed by atoms with Crippen molar-refractivity contribution >= 4 is 12.0 Å². The minimum atomic E-state index is -1.17. The minimum absolute atomic E-state index is 0.336. The number of hydrogen-bond acceptors (Lipinski definition) is 3. The van der Waals surface area contributed by atoms with Crippen LogP contribution in [0.15, 0.2) is 0 Å². The molecule has 0 aliphatic carbocycles. The number of hydrogen-bond donors (Lipinski definition) is 1. The molecule has 2 aliphatic heterocycles. The number of carboxylic acid groups (broad SMARTS) is 1. The molecule has 1 aromatic heterocycles. The Labute approximate surface area is 111 Å². The monoisotopic (exact) mass is 263 g/mol. The van der Waals surface area contributed by atoms with Crippen LogP contribution in [0.5, 0.6) is 0 Å². The van der Waals surface area contributed by atoms with E-state index in [0.29, 0.717) is 12.0 Å². The lowest BCUT2D eigenvalue weighted by Gasteiger charge is -2.28. The Morgan fingerprint density at radius 1 is 1.37 bits per heavy atom. The Morgan fingerprint density at radius 3 is 2.89 bits per heavy atom. The van der Waals surface area contributed by atoms with Crippen LogP contribution in [0.4, 0.5) is 4.79 Å². The number of aromatic nitrogens is 2. The van der Waals surface area contributed by atoms with Gasteiger partial charge >= 0.3 is 6.09 Å². The van der Waals surface area contributed by atoms with Gasteiger partial charge in [0.05, 0.1) is 17.0 Å². The summed E-state index contributed by atoms with van der Waals surface area (Å²) in [6.07, 6.45) is 3.40. The van der Waals surface area contributed by atoms with Crippen molar-refractivity contribution in [3.63, 3.8) is 0 Å². The van der Waals surface area contributed by atoms with Crippen LogP contribution >= 0.6 is 0 Å².